The number of ether oxygens (including phenoxy) is 1. The predicted molar refractivity (Wildman–Crippen MR) is 88.1 cm³/mol. The lowest BCUT2D eigenvalue weighted by Gasteiger charge is -2.29. The molecule has 1 aromatic carbocycles. The summed E-state index contributed by atoms with van der Waals surface area (Å²) in [5.74, 6) is 0.234. The highest BCUT2D eigenvalue weighted by Gasteiger charge is 2.24. The third kappa shape index (κ3) is 3.76. The van der Waals surface area contributed by atoms with Gasteiger partial charge in [-0.2, -0.15) is 0 Å². The van der Waals surface area contributed by atoms with Gasteiger partial charge in [-0.3, -0.25) is 4.90 Å². The molecule has 1 N–H and O–H groups in total. The summed E-state index contributed by atoms with van der Waals surface area (Å²) in [6.07, 6.45) is 5.78. The Kier molecular flexibility index (Phi) is 5.15. The Bertz CT molecular complexity index is 681. The summed E-state index contributed by atoms with van der Waals surface area (Å²) in [5.41, 5.74) is 1.20. The minimum atomic E-state index is -1.06. The van der Waals surface area contributed by atoms with Crippen LogP contribution in [0.1, 0.15) is 53.7 Å². The monoisotopic (exact) mass is 330 g/mol. The average molecular weight is 330 g/mol. The Morgan fingerprint density at radius 3 is 2.79 bits per heavy atom. The van der Waals surface area contributed by atoms with E-state index in [4.69, 9.17) is 14.3 Å². The number of benzene rings is 1. The van der Waals surface area contributed by atoms with Crippen molar-refractivity contribution in [3.63, 3.8) is 0 Å². The van der Waals surface area contributed by atoms with Crippen LogP contribution in [-0.4, -0.2) is 34.6 Å². The first-order valence-electron chi connectivity index (χ1n) is 8.23. The standard InChI is InChI=1S/C18H22N2O4/c1-23-14-8-6-13(7-9-14)16-5-3-2-4-10-20(16)11-17-19-15(12-24-17)18(21)22/h6-9,12,16H,2-5,10-11H2,1H3,(H,21,22). The van der Waals surface area contributed by atoms with Gasteiger partial charge in [-0.05, 0) is 37.1 Å². The van der Waals surface area contributed by atoms with Crippen molar-refractivity contribution in [1.29, 1.82) is 0 Å². The number of oxazole rings is 1. The summed E-state index contributed by atoms with van der Waals surface area (Å²) in [5, 5.41) is 8.98. The van der Waals surface area contributed by atoms with Crippen LogP contribution < -0.4 is 4.74 Å². The fraction of sp³-hybridized carbons (Fsp3) is 0.444. The number of aromatic carboxylic acids is 1. The van der Waals surface area contributed by atoms with Crippen LogP contribution >= 0.6 is 0 Å². The van der Waals surface area contributed by atoms with Gasteiger partial charge in [-0.25, -0.2) is 9.78 Å². The van der Waals surface area contributed by atoms with Gasteiger partial charge in [0.1, 0.15) is 12.0 Å². The summed E-state index contributed by atoms with van der Waals surface area (Å²) in [6, 6.07) is 8.43. The second-order valence-corrected chi connectivity index (χ2v) is 6.04. The molecule has 1 saturated heterocycles. The summed E-state index contributed by atoms with van der Waals surface area (Å²) in [6.45, 7) is 1.46. The van der Waals surface area contributed by atoms with E-state index in [0.717, 1.165) is 25.1 Å². The van der Waals surface area contributed by atoms with Crippen LogP contribution in [0.25, 0.3) is 0 Å². The first-order chi connectivity index (χ1) is 11.7. The molecule has 1 fully saturated rings. The van der Waals surface area contributed by atoms with Crippen LogP contribution in [0.5, 0.6) is 5.75 Å². The lowest BCUT2D eigenvalue weighted by Crippen LogP contribution is -2.28. The number of likely N-dealkylation sites (tertiary alicyclic amines) is 1. The molecule has 0 radical (unpaired) electrons. The molecule has 0 bridgehead atoms. The molecule has 0 amide bonds. The van der Waals surface area contributed by atoms with Gasteiger partial charge in [0.15, 0.2) is 5.69 Å². The lowest BCUT2D eigenvalue weighted by atomic mass is 10.0. The summed E-state index contributed by atoms with van der Waals surface area (Å²) in [7, 11) is 1.66. The third-order valence-electron chi connectivity index (χ3n) is 4.47. The Balaban J connectivity index is 1.79. The predicted octanol–water partition coefficient (Wildman–Crippen LogP) is 3.50. The Hall–Kier alpha value is -2.34. The molecule has 24 heavy (non-hydrogen) atoms. The Morgan fingerprint density at radius 2 is 2.12 bits per heavy atom. The first kappa shape index (κ1) is 16.5. The van der Waals surface area contributed by atoms with Crippen LogP contribution in [0, 0.1) is 0 Å². The van der Waals surface area contributed by atoms with E-state index >= 15 is 0 Å². The number of rotatable bonds is 5. The van der Waals surface area contributed by atoms with Crippen molar-refractivity contribution >= 4 is 5.97 Å². The average Bonchev–Trinajstić information content (AvgIpc) is 2.94. The molecule has 0 saturated carbocycles. The molecular weight excluding hydrogens is 308 g/mol. The zero-order valence-electron chi connectivity index (χ0n) is 13.8. The van der Waals surface area contributed by atoms with Crippen LogP contribution in [-0.2, 0) is 6.54 Å². The van der Waals surface area contributed by atoms with E-state index in [1.54, 1.807) is 7.11 Å². The van der Waals surface area contributed by atoms with Crippen molar-refractivity contribution < 1.29 is 19.1 Å². The van der Waals surface area contributed by atoms with E-state index in [2.05, 4.69) is 22.0 Å². The quantitative estimate of drug-likeness (QED) is 0.904. The van der Waals surface area contributed by atoms with Gasteiger partial charge in [0.2, 0.25) is 5.89 Å². The van der Waals surface area contributed by atoms with Crippen molar-refractivity contribution in [3.8, 4) is 5.75 Å². The fourth-order valence-electron chi connectivity index (χ4n) is 3.22. The van der Waals surface area contributed by atoms with Gasteiger partial charge in [-0.15, -0.1) is 0 Å². The Labute approximate surface area is 141 Å². The number of carbonyl (C=O) groups is 1. The number of hydrogen-bond donors (Lipinski definition) is 1. The van der Waals surface area contributed by atoms with Crippen molar-refractivity contribution in [2.24, 2.45) is 0 Å². The highest BCUT2D eigenvalue weighted by molar-refractivity contribution is 5.84. The number of carboxylic acids is 1. The van der Waals surface area contributed by atoms with E-state index in [-0.39, 0.29) is 11.7 Å². The van der Waals surface area contributed by atoms with E-state index in [1.165, 1.54) is 24.7 Å². The molecule has 2 aromatic rings. The molecule has 6 nitrogen and oxygen atoms in total. The highest BCUT2D eigenvalue weighted by atomic mass is 16.5. The number of carboxylic acid groups (broad SMARTS) is 1. The maximum absolute atomic E-state index is 11.0. The number of hydrogen-bond acceptors (Lipinski definition) is 5. The van der Waals surface area contributed by atoms with Gasteiger partial charge in [0, 0.05) is 6.04 Å². The molecule has 1 unspecified atom stereocenters. The number of aromatic nitrogens is 1. The third-order valence-corrected chi connectivity index (χ3v) is 4.47. The van der Waals surface area contributed by atoms with Crippen molar-refractivity contribution in [1.82, 2.24) is 9.88 Å². The van der Waals surface area contributed by atoms with Crippen LogP contribution in [0.4, 0.5) is 0 Å². The molecule has 0 aliphatic carbocycles. The van der Waals surface area contributed by atoms with E-state index in [0.29, 0.717) is 12.4 Å². The SMILES string of the molecule is COc1ccc(C2CCCCCN2Cc2nc(C(=O)O)co2)cc1. The van der Waals surface area contributed by atoms with Crippen molar-refractivity contribution in [3.05, 3.63) is 47.7 Å². The summed E-state index contributed by atoms with van der Waals surface area (Å²) in [4.78, 5) is 17.3. The molecule has 1 aromatic heterocycles. The number of methoxy groups -OCH3 is 1. The minimum absolute atomic E-state index is 0.0409. The van der Waals surface area contributed by atoms with Crippen molar-refractivity contribution in [2.45, 2.75) is 38.3 Å². The molecule has 3 rings (SSSR count). The summed E-state index contributed by atoms with van der Waals surface area (Å²) < 4.78 is 10.6. The summed E-state index contributed by atoms with van der Waals surface area (Å²) >= 11 is 0. The van der Waals surface area contributed by atoms with Crippen LogP contribution in [0.3, 0.4) is 0 Å². The van der Waals surface area contributed by atoms with Gasteiger partial charge >= 0.3 is 5.97 Å². The van der Waals surface area contributed by atoms with Crippen molar-refractivity contribution in [2.75, 3.05) is 13.7 Å². The second-order valence-electron chi connectivity index (χ2n) is 6.04. The first-order valence-corrected chi connectivity index (χ1v) is 8.23. The highest BCUT2D eigenvalue weighted by Crippen LogP contribution is 2.32. The molecule has 1 atom stereocenters. The normalized spacial score (nSPS) is 19.0. The zero-order valence-corrected chi connectivity index (χ0v) is 13.8. The smallest absolute Gasteiger partial charge is 0.357 e. The molecular formula is C18H22N2O4. The molecule has 128 valence electrons. The van der Waals surface area contributed by atoms with Gasteiger partial charge < -0.3 is 14.3 Å². The minimum Gasteiger partial charge on any atom is -0.497 e. The molecule has 6 heteroatoms. The van der Waals surface area contributed by atoms with E-state index < -0.39 is 5.97 Å². The maximum Gasteiger partial charge on any atom is 0.357 e. The second kappa shape index (κ2) is 7.49. The maximum atomic E-state index is 11.0. The fourth-order valence-corrected chi connectivity index (χ4v) is 3.22. The molecule has 1 aliphatic rings. The number of nitrogens with zero attached hydrogens (tertiary/aromatic N) is 2. The van der Waals surface area contributed by atoms with E-state index in [9.17, 15) is 4.79 Å². The van der Waals surface area contributed by atoms with Gasteiger partial charge in [0.25, 0.3) is 0 Å². The molecule has 0 spiro atoms. The van der Waals surface area contributed by atoms with Crippen LogP contribution in [0.2, 0.25) is 0 Å². The zero-order chi connectivity index (χ0) is 16.9. The topological polar surface area (TPSA) is 75.8 Å². The van der Waals surface area contributed by atoms with E-state index in [1.807, 2.05) is 12.1 Å². The largest absolute Gasteiger partial charge is 0.497 e. The Morgan fingerprint density at radius 1 is 1.33 bits per heavy atom. The lowest BCUT2D eigenvalue weighted by molar-refractivity contribution is 0.0690. The molecule has 2 heterocycles. The molecule has 1 aliphatic heterocycles. The van der Waals surface area contributed by atoms with Gasteiger partial charge in [-0.1, -0.05) is 25.0 Å². The van der Waals surface area contributed by atoms with Gasteiger partial charge in [0.05, 0.1) is 13.7 Å². The van der Waals surface area contributed by atoms with Crippen LogP contribution in [0.15, 0.2) is 34.9 Å².